The Morgan fingerprint density at radius 1 is 1.13 bits per heavy atom. The van der Waals surface area contributed by atoms with E-state index in [1.807, 2.05) is 24.4 Å². The fourth-order valence-corrected chi connectivity index (χ4v) is 2.87. The summed E-state index contributed by atoms with van der Waals surface area (Å²) in [5.41, 5.74) is 4.54. The monoisotopic (exact) mass is 309 g/mol. The van der Waals surface area contributed by atoms with E-state index < -0.39 is 0 Å². The van der Waals surface area contributed by atoms with Crippen LogP contribution in [0.25, 0.3) is 11.0 Å². The van der Waals surface area contributed by atoms with Crippen LogP contribution in [0.4, 0.5) is 5.82 Å². The van der Waals surface area contributed by atoms with E-state index in [1.165, 1.54) is 17.7 Å². The predicted octanol–water partition coefficient (Wildman–Crippen LogP) is 3.86. The highest BCUT2D eigenvalue weighted by molar-refractivity contribution is 5.91. The normalized spacial score (nSPS) is 11.1. The van der Waals surface area contributed by atoms with E-state index in [1.54, 1.807) is 6.33 Å². The van der Waals surface area contributed by atoms with E-state index >= 15 is 0 Å². The Kier molecular flexibility index (Phi) is 4.55. The molecule has 0 fully saturated rings. The molecular formula is C18H23N5. The van der Waals surface area contributed by atoms with Gasteiger partial charge in [-0.05, 0) is 38.0 Å². The van der Waals surface area contributed by atoms with E-state index in [0.29, 0.717) is 6.54 Å². The summed E-state index contributed by atoms with van der Waals surface area (Å²) in [6.07, 6.45) is 5.78. The minimum Gasteiger partial charge on any atom is -0.364 e. The molecule has 0 aliphatic heterocycles. The first-order valence-electron chi connectivity index (χ1n) is 8.16. The number of rotatable bonds is 6. The zero-order chi connectivity index (χ0) is 16.2. The zero-order valence-corrected chi connectivity index (χ0v) is 14.0. The van der Waals surface area contributed by atoms with Gasteiger partial charge in [0.1, 0.15) is 17.8 Å². The van der Waals surface area contributed by atoms with E-state index in [9.17, 15) is 0 Å². The highest BCUT2D eigenvalue weighted by Gasteiger charge is 2.16. The molecule has 0 atom stereocenters. The maximum absolute atomic E-state index is 4.53. The van der Waals surface area contributed by atoms with Crippen molar-refractivity contribution in [2.75, 3.05) is 5.32 Å². The third-order valence-corrected chi connectivity index (χ3v) is 4.30. The smallest absolute Gasteiger partial charge is 0.145 e. The van der Waals surface area contributed by atoms with Crippen LogP contribution in [0, 0.1) is 13.8 Å². The van der Waals surface area contributed by atoms with Crippen LogP contribution in [0.5, 0.6) is 0 Å². The molecule has 3 heterocycles. The van der Waals surface area contributed by atoms with Crippen LogP contribution >= 0.6 is 0 Å². The molecule has 0 saturated carbocycles. The van der Waals surface area contributed by atoms with Gasteiger partial charge in [0.05, 0.1) is 17.6 Å². The molecule has 0 aliphatic rings. The number of unbranched alkanes of at least 4 members (excludes halogenated alkanes) is 1. The Morgan fingerprint density at radius 3 is 2.74 bits per heavy atom. The molecule has 0 saturated heterocycles. The number of pyridine rings is 1. The Morgan fingerprint density at radius 2 is 2.00 bits per heavy atom. The van der Waals surface area contributed by atoms with E-state index in [4.69, 9.17) is 0 Å². The van der Waals surface area contributed by atoms with Gasteiger partial charge in [-0.25, -0.2) is 9.97 Å². The van der Waals surface area contributed by atoms with Gasteiger partial charge < -0.3 is 9.88 Å². The number of hydrogen-bond donors (Lipinski definition) is 1. The SMILES string of the molecule is CCCCn1c(C)c(C)c2c(NCc3ccccn3)ncnc21. The van der Waals surface area contributed by atoms with Crippen molar-refractivity contribution in [1.82, 2.24) is 19.5 Å². The second-order valence-electron chi connectivity index (χ2n) is 5.81. The van der Waals surface area contributed by atoms with E-state index in [-0.39, 0.29) is 0 Å². The Hall–Kier alpha value is -2.43. The molecule has 5 nitrogen and oxygen atoms in total. The summed E-state index contributed by atoms with van der Waals surface area (Å²) in [6, 6.07) is 5.93. The van der Waals surface area contributed by atoms with Crippen LogP contribution in [0.2, 0.25) is 0 Å². The van der Waals surface area contributed by atoms with Crippen LogP contribution in [-0.2, 0) is 13.1 Å². The van der Waals surface area contributed by atoms with Gasteiger partial charge in [-0.1, -0.05) is 19.4 Å². The number of anilines is 1. The molecular weight excluding hydrogens is 286 g/mol. The minimum absolute atomic E-state index is 0.658. The molecule has 5 heteroatoms. The molecule has 0 spiro atoms. The maximum atomic E-state index is 4.53. The van der Waals surface area contributed by atoms with Gasteiger partial charge in [0.2, 0.25) is 0 Å². The van der Waals surface area contributed by atoms with Crippen LogP contribution in [0.15, 0.2) is 30.7 Å². The molecule has 3 rings (SSSR count). The highest BCUT2D eigenvalue weighted by Crippen LogP contribution is 2.29. The molecule has 0 unspecified atom stereocenters. The lowest BCUT2D eigenvalue weighted by Crippen LogP contribution is -2.05. The standard InChI is InChI=1S/C18H23N5/c1-4-5-10-23-14(3)13(2)16-17(21-12-22-18(16)23)20-11-15-8-6-7-9-19-15/h6-9,12H,4-5,10-11H2,1-3H3,(H,20,21,22). The van der Waals surface area contributed by atoms with Crippen molar-refractivity contribution in [3.63, 3.8) is 0 Å². The van der Waals surface area contributed by atoms with Gasteiger partial charge in [-0.2, -0.15) is 0 Å². The van der Waals surface area contributed by atoms with Gasteiger partial charge >= 0.3 is 0 Å². The molecule has 3 aromatic heterocycles. The number of nitrogens with zero attached hydrogens (tertiary/aromatic N) is 4. The molecule has 0 aliphatic carbocycles. The molecule has 3 aromatic rings. The summed E-state index contributed by atoms with van der Waals surface area (Å²) in [4.78, 5) is 13.3. The Bertz CT molecular complexity index is 792. The van der Waals surface area contributed by atoms with Crippen molar-refractivity contribution < 1.29 is 0 Å². The molecule has 0 radical (unpaired) electrons. The molecule has 0 amide bonds. The highest BCUT2D eigenvalue weighted by atomic mass is 15.1. The molecule has 120 valence electrons. The zero-order valence-electron chi connectivity index (χ0n) is 14.0. The number of hydrogen-bond acceptors (Lipinski definition) is 4. The lowest BCUT2D eigenvalue weighted by atomic mass is 10.2. The second-order valence-corrected chi connectivity index (χ2v) is 5.81. The van der Waals surface area contributed by atoms with Crippen LogP contribution in [0.3, 0.4) is 0 Å². The van der Waals surface area contributed by atoms with Crippen LogP contribution in [0.1, 0.15) is 36.7 Å². The number of aromatic nitrogens is 4. The van der Waals surface area contributed by atoms with Crippen LogP contribution in [-0.4, -0.2) is 19.5 Å². The van der Waals surface area contributed by atoms with Crippen molar-refractivity contribution in [2.24, 2.45) is 0 Å². The average Bonchev–Trinajstić information content (AvgIpc) is 2.84. The second kappa shape index (κ2) is 6.77. The largest absolute Gasteiger partial charge is 0.364 e. The Labute approximate surface area is 136 Å². The van der Waals surface area contributed by atoms with Crippen molar-refractivity contribution >= 4 is 16.9 Å². The van der Waals surface area contributed by atoms with Gasteiger partial charge in [-0.3, -0.25) is 4.98 Å². The number of nitrogens with one attached hydrogen (secondary N) is 1. The van der Waals surface area contributed by atoms with Gasteiger partial charge in [-0.15, -0.1) is 0 Å². The van der Waals surface area contributed by atoms with Crippen molar-refractivity contribution in [3.05, 3.63) is 47.7 Å². The molecule has 0 bridgehead atoms. The van der Waals surface area contributed by atoms with Gasteiger partial charge in [0, 0.05) is 18.4 Å². The summed E-state index contributed by atoms with van der Waals surface area (Å²) in [5, 5.41) is 4.54. The quantitative estimate of drug-likeness (QED) is 0.751. The third-order valence-electron chi connectivity index (χ3n) is 4.30. The fourth-order valence-electron chi connectivity index (χ4n) is 2.87. The van der Waals surface area contributed by atoms with Crippen molar-refractivity contribution in [2.45, 2.75) is 46.7 Å². The van der Waals surface area contributed by atoms with E-state index in [0.717, 1.165) is 35.5 Å². The fraction of sp³-hybridized carbons (Fsp3) is 0.389. The summed E-state index contributed by atoms with van der Waals surface area (Å²) in [6.45, 7) is 8.18. The molecule has 23 heavy (non-hydrogen) atoms. The summed E-state index contributed by atoms with van der Waals surface area (Å²) < 4.78 is 2.31. The van der Waals surface area contributed by atoms with Gasteiger partial charge in [0.15, 0.2) is 0 Å². The van der Waals surface area contributed by atoms with Crippen LogP contribution < -0.4 is 5.32 Å². The summed E-state index contributed by atoms with van der Waals surface area (Å²) >= 11 is 0. The number of aryl methyl sites for hydroxylation is 2. The Balaban J connectivity index is 1.95. The minimum atomic E-state index is 0.658. The topological polar surface area (TPSA) is 55.6 Å². The number of fused-ring (bicyclic) bond motifs is 1. The third kappa shape index (κ3) is 3.04. The van der Waals surface area contributed by atoms with Crippen molar-refractivity contribution in [3.8, 4) is 0 Å². The summed E-state index contributed by atoms with van der Waals surface area (Å²) in [5.74, 6) is 0.886. The van der Waals surface area contributed by atoms with E-state index in [2.05, 4.69) is 45.6 Å². The average molecular weight is 309 g/mol. The predicted molar refractivity (Wildman–Crippen MR) is 93.5 cm³/mol. The first-order chi connectivity index (χ1) is 11.2. The molecule has 0 aromatic carbocycles. The lowest BCUT2D eigenvalue weighted by Gasteiger charge is -2.08. The summed E-state index contributed by atoms with van der Waals surface area (Å²) in [7, 11) is 0. The van der Waals surface area contributed by atoms with Gasteiger partial charge in [0.25, 0.3) is 0 Å². The van der Waals surface area contributed by atoms with Crippen molar-refractivity contribution in [1.29, 1.82) is 0 Å². The first kappa shape index (κ1) is 15.5. The molecule has 1 N–H and O–H groups in total. The first-order valence-corrected chi connectivity index (χ1v) is 8.16. The lowest BCUT2D eigenvalue weighted by molar-refractivity contribution is 0.632. The maximum Gasteiger partial charge on any atom is 0.145 e.